The largest absolute Gasteiger partial charge is 0.497 e. The predicted molar refractivity (Wildman–Crippen MR) is 116 cm³/mol. The third kappa shape index (κ3) is 6.12. The highest BCUT2D eigenvalue weighted by atomic mass is 35.5. The van der Waals surface area contributed by atoms with Crippen molar-refractivity contribution in [2.45, 2.75) is 45.4 Å². The lowest BCUT2D eigenvalue weighted by molar-refractivity contribution is -0.128. The van der Waals surface area contributed by atoms with E-state index < -0.39 is 6.10 Å². The van der Waals surface area contributed by atoms with Gasteiger partial charge in [-0.15, -0.1) is 0 Å². The van der Waals surface area contributed by atoms with Gasteiger partial charge in [0.25, 0.3) is 5.91 Å². The van der Waals surface area contributed by atoms with Crippen LogP contribution >= 0.6 is 11.6 Å². The van der Waals surface area contributed by atoms with Crippen LogP contribution in [0.2, 0.25) is 5.02 Å². The number of amides is 1. The number of nitrogens with zero attached hydrogens (tertiary/aromatic N) is 1. The average molecular weight is 417 g/mol. The minimum Gasteiger partial charge on any atom is -0.497 e. The molecule has 1 saturated heterocycles. The van der Waals surface area contributed by atoms with E-state index in [1.165, 1.54) is 5.56 Å². The lowest BCUT2D eigenvalue weighted by Gasteiger charge is -2.33. The van der Waals surface area contributed by atoms with Gasteiger partial charge in [0.05, 0.1) is 12.1 Å². The molecule has 5 nitrogen and oxygen atoms in total. The number of piperidine rings is 1. The summed E-state index contributed by atoms with van der Waals surface area (Å²) < 4.78 is 11.1. The van der Waals surface area contributed by atoms with Crippen LogP contribution in [-0.4, -0.2) is 43.2 Å². The van der Waals surface area contributed by atoms with Gasteiger partial charge in [0.1, 0.15) is 11.5 Å². The number of nitrogens with one attached hydrogen (secondary N) is 1. The smallest absolute Gasteiger partial charge is 0.260 e. The molecule has 0 radical (unpaired) electrons. The zero-order valence-electron chi connectivity index (χ0n) is 17.3. The summed E-state index contributed by atoms with van der Waals surface area (Å²) in [5.41, 5.74) is 2.28. The summed E-state index contributed by atoms with van der Waals surface area (Å²) >= 11 is 6.17. The van der Waals surface area contributed by atoms with Gasteiger partial charge in [-0.05, 0) is 62.1 Å². The topological polar surface area (TPSA) is 50.8 Å². The fraction of sp³-hybridized carbons (Fsp3) is 0.435. The highest BCUT2D eigenvalue weighted by Crippen LogP contribution is 2.26. The number of aryl methyl sites for hydroxylation is 1. The maximum atomic E-state index is 12.5. The van der Waals surface area contributed by atoms with Crippen LogP contribution in [0.15, 0.2) is 42.5 Å². The summed E-state index contributed by atoms with van der Waals surface area (Å²) in [4.78, 5) is 15.0. The molecule has 0 aliphatic carbocycles. The Morgan fingerprint density at radius 3 is 2.72 bits per heavy atom. The average Bonchev–Trinajstić information content (AvgIpc) is 2.72. The van der Waals surface area contributed by atoms with Gasteiger partial charge in [-0.1, -0.05) is 29.8 Å². The summed E-state index contributed by atoms with van der Waals surface area (Å²) in [6.07, 6.45) is 1.26. The molecule has 0 spiro atoms. The van der Waals surface area contributed by atoms with E-state index in [0.717, 1.165) is 43.8 Å². The molecule has 1 amide bonds. The lowest BCUT2D eigenvalue weighted by Crippen LogP contribution is -2.47. The van der Waals surface area contributed by atoms with Crippen molar-refractivity contribution in [3.8, 4) is 11.5 Å². The first kappa shape index (κ1) is 21.5. The zero-order chi connectivity index (χ0) is 20.8. The Kier molecular flexibility index (Phi) is 7.40. The van der Waals surface area contributed by atoms with Crippen molar-refractivity contribution in [1.29, 1.82) is 0 Å². The van der Waals surface area contributed by atoms with Crippen LogP contribution in [0.1, 0.15) is 30.9 Å². The van der Waals surface area contributed by atoms with Crippen LogP contribution in [0.5, 0.6) is 11.5 Å². The second-order valence-corrected chi connectivity index (χ2v) is 8.01. The summed E-state index contributed by atoms with van der Waals surface area (Å²) in [5, 5.41) is 3.64. The molecule has 29 heavy (non-hydrogen) atoms. The molecule has 1 unspecified atom stereocenters. The van der Waals surface area contributed by atoms with Gasteiger partial charge in [-0.25, -0.2) is 0 Å². The standard InChI is InChI=1S/C23H29ClN2O3/c1-16-7-8-21(24)22(13-16)29-17(2)23(27)25-19-9-11-26(12-10-19)15-18-5-4-6-20(14-18)28-3/h4-8,13-14,17,19H,9-12,15H2,1-3H3,(H,25,27). The fourth-order valence-electron chi connectivity index (χ4n) is 3.53. The van der Waals surface area contributed by atoms with E-state index in [9.17, 15) is 4.79 Å². The van der Waals surface area contributed by atoms with E-state index in [1.807, 2.05) is 31.2 Å². The van der Waals surface area contributed by atoms with Crippen LogP contribution in [0, 0.1) is 6.92 Å². The first-order valence-electron chi connectivity index (χ1n) is 10.0. The van der Waals surface area contributed by atoms with Crippen LogP contribution in [0.4, 0.5) is 0 Å². The van der Waals surface area contributed by atoms with Gasteiger partial charge in [0.15, 0.2) is 6.10 Å². The second kappa shape index (κ2) is 9.99. The summed E-state index contributed by atoms with van der Waals surface area (Å²) in [5.74, 6) is 1.32. The van der Waals surface area contributed by atoms with Crippen LogP contribution in [-0.2, 0) is 11.3 Å². The number of likely N-dealkylation sites (tertiary alicyclic amines) is 1. The molecule has 1 atom stereocenters. The van der Waals surface area contributed by atoms with Crippen molar-refractivity contribution in [3.05, 3.63) is 58.6 Å². The van der Waals surface area contributed by atoms with Gasteiger partial charge in [-0.2, -0.15) is 0 Å². The number of carbonyl (C=O) groups is 1. The Morgan fingerprint density at radius 1 is 1.24 bits per heavy atom. The molecule has 1 aliphatic rings. The number of carbonyl (C=O) groups excluding carboxylic acids is 1. The van der Waals surface area contributed by atoms with E-state index in [0.29, 0.717) is 10.8 Å². The van der Waals surface area contributed by atoms with E-state index >= 15 is 0 Å². The summed E-state index contributed by atoms with van der Waals surface area (Å²) in [7, 11) is 1.69. The lowest BCUT2D eigenvalue weighted by atomic mass is 10.0. The number of benzene rings is 2. The Morgan fingerprint density at radius 2 is 2.00 bits per heavy atom. The van der Waals surface area contributed by atoms with Crippen molar-refractivity contribution in [2.24, 2.45) is 0 Å². The molecule has 6 heteroatoms. The molecule has 2 aromatic carbocycles. The van der Waals surface area contributed by atoms with Gasteiger partial charge in [-0.3, -0.25) is 9.69 Å². The van der Waals surface area contributed by atoms with E-state index in [4.69, 9.17) is 21.1 Å². The number of hydrogen-bond donors (Lipinski definition) is 1. The molecule has 1 aliphatic heterocycles. The maximum absolute atomic E-state index is 12.5. The predicted octanol–water partition coefficient (Wildman–Crippen LogP) is 4.21. The van der Waals surface area contributed by atoms with Crippen molar-refractivity contribution in [1.82, 2.24) is 10.2 Å². The highest BCUT2D eigenvalue weighted by molar-refractivity contribution is 6.32. The Balaban J connectivity index is 1.46. The monoisotopic (exact) mass is 416 g/mol. The van der Waals surface area contributed by atoms with Crippen LogP contribution < -0.4 is 14.8 Å². The van der Waals surface area contributed by atoms with Crippen LogP contribution in [0.3, 0.4) is 0 Å². The SMILES string of the molecule is COc1cccc(CN2CCC(NC(=O)C(C)Oc3cc(C)ccc3Cl)CC2)c1. The fourth-order valence-corrected chi connectivity index (χ4v) is 3.69. The first-order valence-corrected chi connectivity index (χ1v) is 10.4. The zero-order valence-corrected chi connectivity index (χ0v) is 18.0. The Hall–Kier alpha value is -2.24. The third-order valence-corrected chi connectivity index (χ3v) is 5.55. The highest BCUT2D eigenvalue weighted by Gasteiger charge is 2.24. The summed E-state index contributed by atoms with van der Waals surface area (Å²) in [6.45, 7) is 6.50. The first-order chi connectivity index (χ1) is 13.9. The van der Waals surface area contributed by atoms with Gasteiger partial charge < -0.3 is 14.8 Å². The minimum atomic E-state index is -0.593. The molecule has 0 aromatic heterocycles. The Bertz CT molecular complexity index is 835. The minimum absolute atomic E-state index is 0.103. The van der Waals surface area contributed by atoms with E-state index in [1.54, 1.807) is 20.1 Å². The van der Waals surface area contributed by atoms with Crippen molar-refractivity contribution in [2.75, 3.05) is 20.2 Å². The van der Waals surface area contributed by atoms with Gasteiger partial charge in [0, 0.05) is 25.7 Å². The maximum Gasteiger partial charge on any atom is 0.260 e. The third-order valence-electron chi connectivity index (χ3n) is 5.23. The molecule has 1 fully saturated rings. The number of rotatable bonds is 7. The molecular weight excluding hydrogens is 388 g/mol. The van der Waals surface area contributed by atoms with Crippen molar-refractivity contribution < 1.29 is 14.3 Å². The van der Waals surface area contributed by atoms with Gasteiger partial charge >= 0.3 is 0 Å². The van der Waals surface area contributed by atoms with Crippen LogP contribution in [0.25, 0.3) is 0 Å². The van der Waals surface area contributed by atoms with Crippen molar-refractivity contribution >= 4 is 17.5 Å². The second-order valence-electron chi connectivity index (χ2n) is 7.60. The Labute approximate surface area is 177 Å². The molecule has 0 saturated carbocycles. The number of halogens is 1. The van der Waals surface area contributed by atoms with E-state index in [2.05, 4.69) is 22.3 Å². The summed E-state index contributed by atoms with van der Waals surface area (Å²) in [6, 6.07) is 13.9. The number of ether oxygens (including phenoxy) is 2. The van der Waals surface area contributed by atoms with Crippen molar-refractivity contribution in [3.63, 3.8) is 0 Å². The molecule has 2 aromatic rings. The molecule has 0 bridgehead atoms. The number of hydrogen-bond acceptors (Lipinski definition) is 4. The normalized spacial score (nSPS) is 16.3. The number of methoxy groups -OCH3 is 1. The molecular formula is C23H29ClN2O3. The molecule has 1 N–H and O–H groups in total. The van der Waals surface area contributed by atoms with Gasteiger partial charge in [0.2, 0.25) is 0 Å². The molecule has 156 valence electrons. The molecule has 1 heterocycles. The van der Waals surface area contributed by atoms with E-state index in [-0.39, 0.29) is 11.9 Å². The molecule has 3 rings (SSSR count). The quantitative estimate of drug-likeness (QED) is 0.734.